The average molecular weight is 323 g/mol. The van der Waals surface area contributed by atoms with Gasteiger partial charge in [-0.25, -0.2) is 0 Å². The summed E-state index contributed by atoms with van der Waals surface area (Å²) in [5, 5.41) is 6.91. The number of nitrogens with zero attached hydrogens (tertiary/aromatic N) is 4. The highest BCUT2D eigenvalue weighted by Gasteiger charge is 2.31. The third-order valence-electron chi connectivity index (χ3n) is 5.37. The Labute approximate surface area is 141 Å². The number of nitrogens with one attached hydrogen (secondary N) is 2. The number of aliphatic imine (C=N–C) groups is 1. The van der Waals surface area contributed by atoms with Gasteiger partial charge in [0.25, 0.3) is 0 Å². The summed E-state index contributed by atoms with van der Waals surface area (Å²) in [6.07, 6.45) is 4.13. The molecule has 0 aromatic heterocycles. The lowest BCUT2D eigenvalue weighted by Gasteiger charge is -2.47. The van der Waals surface area contributed by atoms with Gasteiger partial charge in [-0.3, -0.25) is 14.8 Å². The highest BCUT2D eigenvalue weighted by Crippen LogP contribution is 2.15. The second-order valence-electron chi connectivity index (χ2n) is 7.04. The summed E-state index contributed by atoms with van der Waals surface area (Å²) in [4.78, 5) is 12.6. The second kappa shape index (κ2) is 8.85. The predicted molar refractivity (Wildman–Crippen MR) is 96.1 cm³/mol. The van der Waals surface area contributed by atoms with E-state index in [1.165, 1.54) is 65.1 Å². The molecular weight excluding hydrogens is 288 g/mol. The SMILES string of the molecule is CCNC(=NCC1CN2CCN1CC2)NCCN1CCCCC1. The van der Waals surface area contributed by atoms with E-state index in [4.69, 9.17) is 4.99 Å². The van der Waals surface area contributed by atoms with Crippen LogP contribution in [0.4, 0.5) is 0 Å². The normalized spacial score (nSPS) is 32.0. The van der Waals surface area contributed by atoms with Gasteiger partial charge in [0.2, 0.25) is 0 Å². The summed E-state index contributed by atoms with van der Waals surface area (Å²) in [7, 11) is 0. The Balaban J connectivity index is 1.41. The molecule has 4 saturated heterocycles. The zero-order chi connectivity index (χ0) is 15.9. The fourth-order valence-electron chi connectivity index (χ4n) is 3.95. The van der Waals surface area contributed by atoms with Gasteiger partial charge in [-0.1, -0.05) is 6.42 Å². The molecule has 0 spiro atoms. The maximum absolute atomic E-state index is 4.85. The number of likely N-dealkylation sites (tertiary alicyclic amines) is 1. The predicted octanol–water partition coefficient (Wildman–Crippen LogP) is 0.0272. The lowest BCUT2D eigenvalue weighted by atomic mass is 10.1. The van der Waals surface area contributed by atoms with E-state index in [0.29, 0.717) is 6.04 Å². The minimum absolute atomic E-state index is 0.607. The topological polar surface area (TPSA) is 46.1 Å². The van der Waals surface area contributed by atoms with E-state index in [9.17, 15) is 0 Å². The quantitative estimate of drug-likeness (QED) is 0.534. The molecule has 4 heterocycles. The fraction of sp³-hybridized carbons (Fsp3) is 0.941. The summed E-state index contributed by atoms with van der Waals surface area (Å²) < 4.78 is 0. The molecule has 0 amide bonds. The minimum atomic E-state index is 0.607. The van der Waals surface area contributed by atoms with Crippen molar-refractivity contribution < 1.29 is 0 Å². The van der Waals surface area contributed by atoms with Crippen molar-refractivity contribution in [2.45, 2.75) is 32.2 Å². The van der Waals surface area contributed by atoms with Gasteiger partial charge in [-0.2, -0.15) is 0 Å². The number of hydrogen-bond acceptors (Lipinski definition) is 4. The molecule has 1 atom stereocenters. The number of piperidine rings is 1. The second-order valence-corrected chi connectivity index (χ2v) is 7.04. The van der Waals surface area contributed by atoms with Crippen LogP contribution in [0.3, 0.4) is 0 Å². The van der Waals surface area contributed by atoms with Crippen molar-refractivity contribution in [3.05, 3.63) is 0 Å². The molecule has 0 radical (unpaired) electrons. The van der Waals surface area contributed by atoms with Gasteiger partial charge in [-0.05, 0) is 32.9 Å². The van der Waals surface area contributed by atoms with Crippen molar-refractivity contribution in [2.24, 2.45) is 4.99 Å². The van der Waals surface area contributed by atoms with Crippen LogP contribution in [0, 0.1) is 0 Å². The highest BCUT2D eigenvalue weighted by atomic mass is 15.3. The van der Waals surface area contributed by atoms with Gasteiger partial charge >= 0.3 is 0 Å². The average Bonchev–Trinajstić information content (AvgIpc) is 2.61. The fourth-order valence-corrected chi connectivity index (χ4v) is 3.95. The third-order valence-corrected chi connectivity index (χ3v) is 5.37. The number of guanidine groups is 1. The van der Waals surface area contributed by atoms with Gasteiger partial charge < -0.3 is 15.5 Å². The Hall–Kier alpha value is -0.850. The van der Waals surface area contributed by atoms with Crippen LogP contribution in [0.5, 0.6) is 0 Å². The van der Waals surface area contributed by atoms with Gasteiger partial charge in [0.15, 0.2) is 5.96 Å². The molecule has 0 aromatic rings. The summed E-state index contributed by atoms with van der Waals surface area (Å²) in [5.74, 6) is 0.988. The Morgan fingerprint density at radius 3 is 2.43 bits per heavy atom. The van der Waals surface area contributed by atoms with Crippen LogP contribution < -0.4 is 10.6 Å². The van der Waals surface area contributed by atoms with E-state index in [1.807, 2.05) is 0 Å². The van der Waals surface area contributed by atoms with E-state index in [0.717, 1.165) is 32.1 Å². The first-order valence-electron chi connectivity index (χ1n) is 9.56. The van der Waals surface area contributed by atoms with Crippen LogP contribution >= 0.6 is 0 Å². The summed E-state index contributed by atoms with van der Waals surface area (Å²) in [6, 6.07) is 0.607. The first-order valence-corrected chi connectivity index (χ1v) is 9.56. The summed E-state index contributed by atoms with van der Waals surface area (Å²) in [5.41, 5.74) is 0. The first kappa shape index (κ1) is 17.0. The van der Waals surface area contributed by atoms with Crippen LogP contribution in [0.25, 0.3) is 0 Å². The van der Waals surface area contributed by atoms with Crippen molar-refractivity contribution >= 4 is 5.96 Å². The molecule has 1 unspecified atom stereocenters. The van der Waals surface area contributed by atoms with Crippen molar-refractivity contribution in [2.75, 3.05) is 72.0 Å². The molecule has 6 heteroatoms. The molecule has 0 saturated carbocycles. The standard InChI is InChI=1S/C17H34N6/c1-2-18-17(19-6-9-21-7-4-3-5-8-21)20-14-16-15-22-10-12-23(16)13-11-22/h16H,2-15H2,1H3,(H2,18,19,20). The lowest BCUT2D eigenvalue weighted by Crippen LogP contribution is -2.62. The Kier molecular flexibility index (Phi) is 6.54. The lowest BCUT2D eigenvalue weighted by molar-refractivity contribution is 0.0174. The van der Waals surface area contributed by atoms with Crippen molar-refractivity contribution in [1.29, 1.82) is 0 Å². The zero-order valence-electron chi connectivity index (χ0n) is 14.8. The number of rotatable bonds is 6. The monoisotopic (exact) mass is 322 g/mol. The molecule has 4 rings (SSSR count). The molecule has 23 heavy (non-hydrogen) atoms. The first-order chi connectivity index (χ1) is 11.3. The van der Waals surface area contributed by atoms with Gasteiger partial charge in [-0.15, -0.1) is 0 Å². The van der Waals surface area contributed by atoms with Crippen molar-refractivity contribution in [3.8, 4) is 0 Å². The van der Waals surface area contributed by atoms with E-state index >= 15 is 0 Å². The molecular formula is C17H34N6. The van der Waals surface area contributed by atoms with E-state index in [1.54, 1.807) is 0 Å². The van der Waals surface area contributed by atoms with Gasteiger partial charge in [0, 0.05) is 58.4 Å². The number of hydrogen-bond donors (Lipinski definition) is 2. The van der Waals surface area contributed by atoms with Crippen LogP contribution in [-0.2, 0) is 0 Å². The van der Waals surface area contributed by atoms with Gasteiger partial charge in [0.1, 0.15) is 0 Å². The Morgan fingerprint density at radius 2 is 1.78 bits per heavy atom. The number of piperazine rings is 3. The molecule has 4 aliphatic heterocycles. The van der Waals surface area contributed by atoms with Crippen molar-refractivity contribution in [3.63, 3.8) is 0 Å². The van der Waals surface area contributed by atoms with Crippen LogP contribution in [-0.4, -0.2) is 98.7 Å². The van der Waals surface area contributed by atoms with Crippen molar-refractivity contribution in [1.82, 2.24) is 25.3 Å². The maximum atomic E-state index is 4.85. The Bertz CT molecular complexity index is 371. The summed E-state index contributed by atoms with van der Waals surface area (Å²) in [6.45, 7) is 14.8. The van der Waals surface area contributed by atoms with E-state index in [-0.39, 0.29) is 0 Å². The van der Waals surface area contributed by atoms with Crippen LogP contribution in [0.2, 0.25) is 0 Å². The maximum Gasteiger partial charge on any atom is 0.191 e. The molecule has 2 bridgehead atoms. The van der Waals surface area contributed by atoms with E-state index in [2.05, 4.69) is 32.3 Å². The largest absolute Gasteiger partial charge is 0.357 e. The molecule has 0 aromatic carbocycles. The third kappa shape index (κ3) is 5.06. The molecule has 132 valence electrons. The molecule has 4 aliphatic rings. The molecule has 2 N–H and O–H groups in total. The van der Waals surface area contributed by atoms with E-state index < -0.39 is 0 Å². The smallest absolute Gasteiger partial charge is 0.191 e. The number of fused-ring (bicyclic) bond motifs is 3. The molecule has 4 fully saturated rings. The molecule has 0 aliphatic carbocycles. The minimum Gasteiger partial charge on any atom is -0.357 e. The summed E-state index contributed by atoms with van der Waals surface area (Å²) >= 11 is 0. The van der Waals surface area contributed by atoms with Crippen LogP contribution in [0.15, 0.2) is 4.99 Å². The molecule has 6 nitrogen and oxygen atoms in total. The van der Waals surface area contributed by atoms with Crippen LogP contribution in [0.1, 0.15) is 26.2 Å². The zero-order valence-corrected chi connectivity index (χ0v) is 14.8. The highest BCUT2D eigenvalue weighted by molar-refractivity contribution is 5.79. The Morgan fingerprint density at radius 1 is 1.00 bits per heavy atom. The van der Waals surface area contributed by atoms with Gasteiger partial charge in [0.05, 0.1) is 6.54 Å².